The van der Waals surface area contributed by atoms with Crippen LogP contribution in [-0.2, 0) is 14.8 Å². The minimum atomic E-state index is -3.46. The second-order valence-corrected chi connectivity index (χ2v) is 12.1. The van der Waals surface area contributed by atoms with Crippen molar-refractivity contribution in [3.8, 4) is 0 Å². The van der Waals surface area contributed by atoms with Crippen LogP contribution in [0.25, 0.3) is 0 Å². The number of rotatable bonds is 7. The molecule has 4 rings (SSSR count). The van der Waals surface area contributed by atoms with Crippen molar-refractivity contribution in [2.75, 3.05) is 57.3 Å². The van der Waals surface area contributed by atoms with E-state index < -0.39 is 10.0 Å². The summed E-state index contributed by atoms with van der Waals surface area (Å²) in [7, 11) is -3.46. The SMILES string of the molecule is Cc1cc(S(=O)(=O)N2CCN(CC(=O)NCC3CCN(c4ccccc4)C3)CC2)c(C)s1. The highest BCUT2D eigenvalue weighted by Gasteiger charge is 2.31. The molecule has 174 valence electrons. The van der Waals surface area contributed by atoms with Gasteiger partial charge in [0.25, 0.3) is 0 Å². The minimum Gasteiger partial charge on any atom is -0.371 e. The number of nitrogens with one attached hydrogen (secondary N) is 1. The lowest BCUT2D eigenvalue weighted by Gasteiger charge is -2.33. The summed E-state index contributed by atoms with van der Waals surface area (Å²) in [6.07, 6.45) is 1.08. The molecule has 0 saturated carbocycles. The first-order chi connectivity index (χ1) is 15.3. The number of nitrogens with zero attached hydrogens (tertiary/aromatic N) is 3. The van der Waals surface area contributed by atoms with Gasteiger partial charge >= 0.3 is 0 Å². The molecule has 32 heavy (non-hydrogen) atoms. The number of piperazine rings is 1. The molecule has 2 aliphatic rings. The van der Waals surface area contributed by atoms with Gasteiger partial charge < -0.3 is 10.2 Å². The molecule has 3 heterocycles. The topological polar surface area (TPSA) is 73.0 Å². The highest BCUT2D eigenvalue weighted by molar-refractivity contribution is 7.89. The predicted molar refractivity (Wildman–Crippen MR) is 129 cm³/mol. The van der Waals surface area contributed by atoms with Gasteiger partial charge in [-0.1, -0.05) is 18.2 Å². The zero-order chi connectivity index (χ0) is 22.7. The van der Waals surface area contributed by atoms with Crippen LogP contribution in [0.1, 0.15) is 16.2 Å². The molecular formula is C23H32N4O3S2. The van der Waals surface area contributed by atoms with E-state index in [1.807, 2.05) is 24.8 Å². The Morgan fingerprint density at radius 2 is 1.81 bits per heavy atom. The molecule has 1 amide bonds. The first-order valence-corrected chi connectivity index (χ1v) is 13.4. The fraction of sp³-hybridized carbons (Fsp3) is 0.522. The Morgan fingerprint density at radius 3 is 2.47 bits per heavy atom. The van der Waals surface area contributed by atoms with E-state index in [4.69, 9.17) is 0 Å². The summed E-state index contributed by atoms with van der Waals surface area (Å²) in [5.74, 6) is 0.474. The average molecular weight is 477 g/mol. The van der Waals surface area contributed by atoms with Crippen LogP contribution in [0.5, 0.6) is 0 Å². The molecule has 7 nitrogen and oxygen atoms in total. The maximum absolute atomic E-state index is 13.0. The first kappa shape index (κ1) is 23.2. The lowest BCUT2D eigenvalue weighted by Crippen LogP contribution is -2.51. The number of aryl methyl sites for hydroxylation is 2. The number of carbonyl (C=O) groups is 1. The fourth-order valence-corrected chi connectivity index (χ4v) is 7.47. The maximum Gasteiger partial charge on any atom is 0.244 e. The number of hydrogen-bond donors (Lipinski definition) is 1. The molecule has 9 heteroatoms. The largest absolute Gasteiger partial charge is 0.371 e. The monoisotopic (exact) mass is 476 g/mol. The van der Waals surface area contributed by atoms with E-state index in [1.54, 1.807) is 10.4 Å². The van der Waals surface area contributed by atoms with Crippen LogP contribution in [0.2, 0.25) is 0 Å². The smallest absolute Gasteiger partial charge is 0.244 e. The van der Waals surface area contributed by atoms with Gasteiger partial charge in [-0.25, -0.2) is 8.42 Å². The van der Waals surface area contributed by atoms with Crippen LogP contribution in [0.4, 0.5) is 5.69 Å². The lowest BCUT2D eigenvalue weighted by atomic mass is 10.1. The molecule has 2 aromatic rings. The van der Waals surface area contributed by atoms with E-state index >= 15 is 0 Å². The fourth-order valence-electron chi connectivity index (χ4n) is 4.52. The van der Waals surface area contributed by atoms with Crippen LogP contribution >= 0.6 is 11.3 Å². The Bertz CT molecular complexity index is 1030. The number of thiophene rings is 1. The van der Waals surface area contributed by atoms with Crippen molar-refractivity contribution in [3.05, 3.63) is 46.2 Å². The second-order valence-electron chi connectivity index (χ2n) is 8.70. The summed E-state index contributed by atoms with van der Waals surface area (Å²) >= 11 is 1.51. The van der Waals surface area contributed by atoms with Crippen LogP contribution in [0, 0.1) is 19.8 Å². The predicted octanol–water partition coefficient (Wildman–Crippen LogP) is 2.31. The number of benzene rings is 1. The van der Waals surface area contributed by atoms with E-state index in [1.165, 1.54) is 17.0 Å². The van der Waals surface area contributed by atoms with Gasteiger partial charge in [0.2, 0.25) is 15.9 Å². The van der Waals surface area contributed by atoms with Crippen LogP contribution < -0.4 is 10.2 Å². The summed E-state index contributed by atoms with van der Waals surface area (Å²) < 4.78 is 27.5. The Hall–Kier alpha value is -1.94. The Labute approximate surface area is 195 Å². The maximum atomic E-state index is 13.0. The van der Waals surface area contributed by atoms with Gasteiger partial charge in [0.15, 0.2) is 0 Å². The van der Waals surface area contributed by atoms with E-state index in [9.17, 15) is 13.2 Å². The Kier molecular flexibility index (Phi) is 7.19. The standard InChI is InChI=1S/C23H32N4O3S2/c1-18-14-22(19(2)31-18)32(29,30)27-12-10-25(11-13-27)17-23(28)24-15-20-8-9-26(16-20)21-6-4-3-5-7-21/h3-7,14,20H,8-13,15-17H2,1-2H3,(H,24,28). The summed E-state index contributed by atoms with van der Waals surface area (Å²) in [5.41, 5.74) is 1.24. The van der Waals surface area contributed by atoms with Crippen molar-refractivity contribution >= 4 is 33.0 Å². The second kappa shape index (κ2) is 9.91. The Balaban J connectivity index is 1.20. The molecule has 1 aromatic carbocycles. The van der Waals surface area contributed by atoms with Crippen molar-refractivity contribution in [3.63, 3.8) is 0 Å². The Morgan fingerprint density at radius 1 is 1.09 bits per heavy atom. The summed E-state index contributed by atoms with van der Waals surface area (Å²) in [5, 5.41) is 3.08. The third kappa shape index (κ3) is 5.33. The zero-order valence-corrected chi connectivity index (χ0v) is 20.4. The molecule has 1 unspecified atom stereocenters. The van der Waals surface area contributed by atoms with Gasteiger partial charge in [0.1, 0.15) is 0 Å². The molecular weight excluding hydrogens is 444 g/mol. The van der Waals surface area contributed by atoms with E-state index in [2.05, 4.69) is 34.5 Å². The van der Waals surface area contributed by atoms with Gasteiger partial charge in [-0.3, -0.25) is 9.69 Å². The zero-order valence-electron chi connectivity index (χ0n) is 18.8. The molecule has 0 bridgehead atoms. The normalized spacial score (nSPS) is 20.6. The molecule has 2 fully saturated rings. The van der Waals surface area contributed by atoms with Crippen molar-refractivity contribution in [1.82, 2.24) is 14.5 Å². The highest BCUT2D eigenvalue weighted by Crippen LogP contribution is 2.28. The molecule has 0 radical (unpaired) electrons. The molecule has 2 aliphatic heterocycles. The third-order valence-electron chi connectivity index (χ3n) is 6.31. The number of hydrogen-bond acceptors (Lipinski definition) is 6. The summed E-state index contributed by atoms with van der Waals surface area (Å²) in [4.78, 5) is 19.1. The number of para-hydroxylation sites is 1. The summed E-state index contributed by atoms with van der Waals surface area (Å²) in [6, 6.07) is 12.1. The summed E-state index contributed by atoms with van der Waals surface area (Å²) in [6.45, 7) is 8.74. The quantitative estimate of drug-likeness (QED) is 0.664. The number of anilines is 1. The first-order valence-electron chi connectivity index (χ1n) is 11.2. The van der Waals surface area contributed by atoms with Crippen molar-refractivity contribution in [1.29, 1.82) is 0 Å². The van der Waals surface area contributed by atoms with Gasteiger partial charge in [-0.15, -0.1) is 11.3 Å². The number of carbonyl (C=O) groups excluding carboxylic acids is 1. The van der Waals surface area contributed by atoms with Crippen molar-refractivity contribution in [2.45, 2.75) is 25.2 Å². The van der Waals surface area contributed by atoms with Gasteiger partial charge in [-0.05, 0) is 44.4 Å². The minimum absolute atomic E-state index is 0.0174. The number of sulfonamides is 1. The molecule has 1 atom stereocenters. The third-order valence-corrected chi connectivity index (χ3v) is 9.43. The van der Waals surface area contributed by atoms with E-state index in [-0.39, 0.29) is 5.91 Å². The molecule has 1 aromatic heterocycles. The highest BCUT2D eigenvalue weighted by atomic mass is 32.2. The van der Waals surface area contributed by atoms with Gasteiger partial charge in [0, 0.05) is 61.3 Å². The van der Waals surface area contributed by atoms with E-state index in [0.29, 0.717) is 50.1 Å². The van der Waals surface area contributed by atoms with Gasteiger partial charge in [-0.2, -0.15) is 4.31 Å². The molecule has 0 spiro atoms. The van der Waals surface area contributed by atoms with Gasteiger partial charge in [0.05, 0.1) is 11.4 Å². The van der Waals surface area contributed by atoms with Crippen LogP contribution in [-0.4, -0.2) is 75.9 Å². The number of amides is 1. The van der Waals surface area contributed by atoms with Crippen LogP contribution in [0.3, 0.4) is 0 Å². The lowest BCUT2D eigenvalue weighted by molar-refractivity contribution is -0.122. The van der Waals surface area contributed by atoms with Crippen molar-refractivity contribution < 1.29 is 13.2 Å². The average Bonchev–Trinajstić information content (AvgIpc) is 3.39. The molecule has 1 N–H and O–H groups in total. The molecule has 0 aliphatic carbocycles. The molecule has 2 saturated heterocycles. The van der Waals surface area contributed by atoms with Crippen LogP contribution in [0.15, 0.2) is 41.3 Å². The van der Waals surface area contributed by atoms with Crippen molar-refractivity contribution in [2.24, 2.45) is 5.92 Å². The van der Waals surface area contributed by atoms with E-state index in [0.717, 1.165) is 29.3 Å².